The van der Waals surface area contributed by atoms with Crippen LogP contribution in [-0.4, -0.2) is 36.6 Å². The van der Waals surface area contributed by atoms with Crippen molar-refractivity contribution in [1.82, 2.24) is 15.5 Å². The van der Waals surface area contributed by atoms with Crippen molar-refractivity contribution in [3.63, 3.8) is 0 Å². The van der Waals surface area contributed by atoms with Gasteiger partial charge in [0, 0.05) is 19.1 Å². The molecule has 18 heavy (non-hydrogen) atoms. The predicted octanol–water partition coefficient (Wildman–Crippen LogP) is 1.42. The number of hydrogen-bond donors (Lipinski definition) is 2. The normalized spacial score (nSPS) is 27.6. The second-order valence-electron chi connectivity index (χ2n) is 5.21. The number of carbonyl (C=O) groups excluding carboxylic acids is 1. The molecule has 0 spiro atoms. The highest BCUT2D eigenvalue weighted by molar-refractivity contribution is 5.77. The molecule has 2 saturated heterocycles. The highest BCUT2D eigenvalue weighted by Crippen LogP contribution is 2.23. The fourth-order valence-corrected chi connectivity index (χ4v) is 2.77. The van der Waals surface area contributed by atoms with Crippen LogP contribution in [0.3, 0.4) is 0 Å². The SMILES string of the molecule is Cc1ccc(C2CN(C3CCNC3)C(=O)N2)cc1. The molecule has 2 heterocycles. The van der Waals surface area contributed by atoms with Crippen molar-refractivity contribution in [3.05, 3.63) is 35.4 Å². The van der Waals surface area contributed by atoms with E-state index < -0.39 is 0 Å². The van der Waals surface area contributed by atoms with Gasteiger partial charge in [-0.25, -0.2) is 4.79 Å². The largest absolute Gasteiger partial charge is 0.329 e. The van der Waals surface area contributed by atoms with Gasteiger partial charge in [0.1, 0.15) is 0 Å². The van der Waals surface area contributed by atoms with Crippen LogP contribution in [0.2, 0.25) is 0 Å². The summed E-state index contributed by atoms with van der Waals surface area (Å²) >= 11 is 0. The van der Waals surface area contributed by atoms with Crippen LogP contribution >= 0.6 is 0 Å². The highest BCUT2D eigenvalue weighted by Gasteiger charge is 2.35. The van der Waals surface area contributed by atoms with E-state index >= 15 is 0 Å². The third-order valence-electron chi connectivity index (χ3n) is 3.89. The highest BCUT2D eigenvalue weighted by atomic mass is 16.2. The van der Waals surface area contributed by atoms with Gasteiger partial charge >= 0.3 is 6.03 Å². The summed E-state index contributed by atoms with van der Waals surface area (Å²) in [7, 11) is 0. The van der Waals surface area contributed by atoms with Gasteiger partial charge in [0.05, 0.1) is 6.04 Å². The van der Waals surface area contributed by atoms with E-state index in [9.17, 15) is 4.79 Å². The molecule has 4 heteroatoms. The minimum atomic E-state index is 0.0780. The van der Waals surface area contributed by atoms with Gasteiger partial charge in [-0.05, 0) is 25.5 Å². The zero-order valence-electron chi connectivity index (χ0n) is 10.6. The first-order chi connectivity index (χ1) is 8.74. The van der Waals surface area contributed by atoms with E-state index in [4.69, 9.17) is 0 Å². The quantitative estimate of drug-likeness (QED) is 0.827. The Morgan fingerprint density at radius 3 is 2.72 bits per heavy atom. The second kappa shape index (κ2) is 4.61. The van der Waals surface area contributed by atoms with Crippen molar-refractivity contribution in [2.24, 2.45) is 0 Å². The monoisotopic (exact) mass is 245 g/mol. The minimum Gasteiger partial charge on any atom is -0.329 e. The first-order valence-corrected chi connectivity index (χ1v) is 6.58. The summed E-state index contributed by atoms with van der Waals surface area (Å²) in [6, 6.07) is 8.99. The Labute approximate surface area is 107 Å². The van der Waals surface area contributed by atoms with Crippen LogP contribution in [0.25, 0.3) is 0 Å². The molecule has 2 unspecified atom stereocenters. The Bertz CT molecular complexity index is 437. The summed E-state index contributed by atoms with van der Waals surface area (Å²) in [6.07, 6.45) is 1.06. The molecule has 1 aromatic rings. The third kappa shape index (κ3) is 2.08. The Kier molecular flexibility index (Phi) is 2.96. The summed E-state index contributed by atoms with van der Waals surface area (Å²) in [6.45, 7) is 4.80. The molecule has 0 bridgehead atoms. The van der Waals surface area contributed by atoms with E-state index in [1.54, 1.807) is 0 Å². The summed E-state index contributed by atoms with van der Waals surface area (Å²) in [5, 5.41) is 6.39. The number of amides is 2. The van der Waals surface area contributed by atoms with E-state index in [0.717, 1.165) is 26.1 Å². The lowest BCUT2D eigenvalue weighted by atomic mass is 10.1. The van der Waals surface area contributed by atoms with Gasteiger partial charge in [0.15, 0.2) is 0 Å². The maximum absolute atomic E-state index is 12.0. The molecule has 2 aliphatic rings. The van der Waals surface area contributed by atoms with E-state index in [-0.39, 0.29) is 12.1 Å². The second-order valence-corrected chi connectivity index (χ2v) is 5.21. The van der Waals surface area contributed by atoms with Crippen LogP contribution in [0.1, 0.15) is 23.6 Å². The Morgan fingerprint density at radius 1 is 1.28 bits per heavy atom. The first kappa shape index (κ1) is 11.5. The molecule has 1 aromatic carbocycles. The van der Waals surface area contributed by atoms with Gasteiger partial charge in [-0.1, -0.05) is 29.8 Å². The van der Waals surface area contributed by atoms with Crippen molar-refractivity contribution in [3.8, 4) is 0 Å². The molecule has 2 atom stereocenters. The maximum atomic E-state index is 12.0. The van der Waals surface area contributed by atoms with Crippen molar-refractivity contribution in [2.75, 3.05) is 19.6 Å². The standard InChI is InChI=1S/C14H19N3O/c1-10-2-4-11(5-3-10)13-9-17(14(18)16-13)12-6-7-15-8-12/h2-5,12-13,15H,6-9H2,1H3,(H,16,18). The lowest BCUT2D eigenvalue weighted by Crippen LogP contribution is -2.39. The molecule has 0 aliphatic carbocycles. The smallest absolute Gasteiger partial charge is 0.318 e. The molecule has 3 rings (SSSR count). The topological polar surface area (TPSA) is 44.4 Å². The maximum Gasteiger partial charge on any atom is 0.318 e. The molecule has 96 valence electrons. The predicted molar refractivity (Wildman–Crippen MR) is 70.4 cm³/mol. The van der Waals surface area contributed by atoms with Crippen LogP contribution in [0.15, 0.2) is 24.3 Å². The van der Waals surface area contributed by atoms with E-state index in [0.29, 0.717) is 6.04 Å². The number of nitrogens with zero attached hydrogens (tertiary/aromatic N) is 1. The zero-order chi connectivity index (χ0) is 12.5. The summed E-state index contributed by atoms with van der Waals surface area (Å²) < 4.78 is 0. The average Bonchev–Trinajstić information content (AvgIpc) is 2.99. The van der Waals surface area contributed by atoms with Crippen molar-refractivity contribution in [1.29, 1.82) is 0 Å². The lowest BCUT2D eigenvalue weighted by Gasteiger charge is -2.21. The molecule has 0 aromatic heterocycles. The number of aryl methyl sites for hydroxylation is 1. The average molecular weight is 245 g/mol. The fraction of sp³-hybridized carbons (Fsp3) is 0.500. The Morgan fingerprint density at radius 2 is 2.06 bits per heavy atom. The number of benzene rings is 1. The van der Waals surface area contributed by atoms with Crippen LogP contribution in [-0.2, 0) is 0 Å². The minimum absolute atomic E-state index is 0.0780. The lowest BCUT2D eigenvalue weighted by molar-refractivity contribution is 0.201. The van der Waals surface area contributed by atoms with Gasteiger partial charge in [0.2, 0.25) is 0 Å². The number of carbonyl (C=O) groups is 1. The molecule has 2 amide bonds. The summed E-state index contributed by atoms with van der Waals surface area (Å²) in [4.78, 5) is 14.0. The van der Waals surface area contributed by atoms with Crippen molar-refractivity contribution < 1.29 is 4.79 Å². The van der Waals surface area contributed by atoms with Gasteiger partial charge < -0.3 is 15.5 Å². The Hall–Kier alpha value is -1.55. The zero-order valence-corrected chi connectivity index (χ0v) is 10.6. The third-order valence-corrected chi connectivity index (χ3v) is 3.89. The molecule has 0 saturated carbocycles. The first-order valence-electron chi connectivity index (χ1n) is 6.58. The van der Waals surface area contributed by atoms with Crippen LogP contribution in [0.4, 0.5) is 4.79 Å². The molecular formula is C14H19N3O. The van der Waals surface area contributed by atoms with Gasteiger partial charge in [-0.2, -0.15) is 0 Å². The van der Waals surface area contributed by atoms with Crippen LogP contribution in [0, 0.1) is 6.92 Å². The number of urea groups is 1. The molecule has 0 radical (unpaired) electrons. The van der Waals surface area contributed by atoms with Gasteiger partial charge in [-0.3, -0.25) is 0 Å². The van der Waals surface area contributed by atoms with Crippen LogP contribution < -0.4 is 10.6 Å². The summed E-state index contributed by atoms with van der Waals surface area (Å²) in [5.74, 6) is 0. The Balaban J connectivity index is 1.73. The molecule has 2 N–H and O–H groups in total. The molecular weight excluding hydrogens is 226 g/mol. The number of rotatable bonds is 2. The van der Waals surface area contributed by atoms with Gasteiger partial charge in [0.25, 0.3) is 0 Å². The fourth-order valence-electron chi connectivity index (χ4n) is 2.77. The number of hydrogen-bond acceptors (Lipinski definition) is 2. The molecule has 4 nitrogen and oxygen atoms in total. The van der Waals surface area contributed by atoms with Crippen LogP contribution in [0.5, 0.6) is 0 Å². The van der Waals surface area contributed by atoms with E-state index in [2.05, 4.69) is 41.8 Å². The van der Waals surface area contributed by atoms with Crippen molar-refractivity contribution >= 4 is 6.03 Å². The van der Waals surface area contributed by atoms with E-state index in [1.807, 2.05) is 4.90 Å². The molecule has 2 aliphatic heterocycles. The van der Waals surface area contributed by atoms with Crippen molar-refractivity contribution in [2.45, 2.75) is 25.4 Å². The summed E-state index contributed by atoms with van der Waals surface area (Å²) in [5.41, 5.74) is 2.45. The van der Waals surface area contributed by atoms with E-state index in [1.165, 1.54) is 11.1 Å². The molecule has 2 fully saturated rings. The number of nitrogens with one attached hydrogen (secondary N) is 2. The van der Waals surface area contributed by atoms with Gasteiger partial charge in [-0.15, -0.1) is 0 Å².